The Balaban J connectivity index is 2.45. The van der Waals surface area contributed by atoms with E-state index in [1.54, 1.807) is 25.1 Å². The van der Waals surface area contributed by atoms with Gasteiger partial charge in [0.15, 0.2) is 0 Å². The summed E-state index contributed by atoms with van der Waals surface area (Å²) in [6, 6.07) is 7.10. The van der Waals surface area contributed by atoms with E-state index in [9.17, 15) is 9.59 Å². The summed E-state index contributed by atoms with van der Waals surface area (Å²) in [5.41, 5.74) is 1.19. The van der Waals surface area contributed by atoms with Crippen molar-refractivity contribution in [2.45, 2.75) is 19.8 Å². The van der Waals surface area contributed by atoms with Gasteiger partial charge in [-0.05, 0) is 25.5 Å². The first kappa shape index (κ1) is 15.0. The Morgan fingerprint density at radius 1 is 1.26 bits per heavy atom. The molecular weight excluding hydrogens is 246 g/mol. The number of hydrogen-bond acceptors (Lipinski definition) is 5. The highest BCUT2D eigenvalue weighted by molar-refractivity contribution is 5.95. The van der Waals surface area contributed by atoms with E-state index in [1.165, 1.54) is 7.11 Å². The SMILES string of the molecule is CCOC(=O)CCCNc1ccccc1C(=O)OC. The van der Waals surface area contributed by atoms with E-state index in [-0.39, 0.29) is 11.9 Å². The second-order valence-electron chi connectivity index (χ2n) is 3.87. The van der Waals surface area contributed by atoms with Gasteiger partial charge in [-0.15, -0.1) is 0 Å². The summed E-state index contributed by atoms with van der Waals surface area (Å²) < 4.78 is 9.53. The number of anilines is 1. The third kappa shape index (κ3) is 4.99. The third-order valence-electron chi connectivity index (χ3n) is 2.51. The van der Waals surface area contributed by atoms with Gasteiger partial charge in [-0.2, -0.15) is 0 Å². The van der Waals surface area contributed by atoms with Crippen molar-refractivity contribution in [1.29, 1.82) is 0 Å². The average molecular weight is 265 g/mol. The Hall–Kier alpha value is -2.04. The second kappa shape index (κ2) is 8.13. The number of carbonyl (C=O) groups is 2. The van der Waals surface area contributed by atoms with Crippen LogP contribution in [-0.2, 0) is 14.3 Å². The standard InChI is InChI=1S/C14H19NO4/c1-3-19-13(16)9-6-10-15-12-8-5-4-7-11(12)14(17)18-2/h4-5,7-8,15H,3,6,9-10H2,1-2H3. The monoisotopic (exact) mass is 265 g/mol. The number of hydrogen-bond donors (Lipinski definition) is 1. The van der Waals surface area contributed by atoms with E-state index in [2.05, 4.69) is 5.32 Å². The lowest BCUT2D eigenvalue weighted by Crippen LogP contribution is -2.11. The van der Waals surface area contributed by atoms with Crippen LogP contribution in [0.15, 0.2) is 24.3 Å². The zero-order valence-corrected chi connectivity index (χ0v) is 11.3. The lowest BCUT2D eigenvalue weighted by Gasteiger charge is -2.10. The minimum absolute atomic E-state index is 0.203. The molecule has 0 heterocycles. The molecule has 0 aliphatic carbocycles. The van der Waals surface area contributed by atoms with Crippen LogP contribution in [0.2, 0.25) is 0 Å². The van der Waals surface area contributed by atoms with Crippen LogP contribution in [0.1, 0.15) is 30.1 Å². The second-order valence-corrected chi connectivity index (χ2v) is 3.87. The summed E-state index contributed by atoms with van der Waals surface area (Å²) in [5, 5.41) is 3.12. The molecule has 0 aliphatic rings. The molecule has 0 saturated heterocycles. The van der Waals surface area contributed by atoms with Crippen molar-refractivity contribution in [3.05, 3.63) is 29.8 Å². The number of ether oxygens (including phenoxy) is 2. The Kier molecular flexibility index (Phi) is 6.43. The largest absolute Gasteiger partial charge is 0.466 e. The molecule has 0 unspecified atom stereocenters. The molecule has 5 nitrogen and oxygen atoms in total. The number of rotatable bonds is 7. The van der Waals surface area contributed by atoms with Crippen LogP contribution in [0.4, 0.5) is 5.69 Å². The molecule has 1 N–H and O–H groups in total. The van der Waals surface area contributed by atoms with Crippen molar-refractivity contribution >= 4 is 17.6 Å². The van der Waals surface area contributed by atoms with Crippen LogP contribution in [-0.4, -0.2) is 32.2 Å². The maximum absolute atomic E-state index is 11.5. The van der Waals surface area contributed by atoms with Crippen LogP contribution in [0, 0.1) is 0 Å². The van der Waals surface area contributed by atoms with E-state index in [4.69, 9.17) is 9.47 Å². The maximum atomic E-state index is 11.5. The van der Waals surface area contributed by atoms with Crippen molar-refractivity contribution in [2.24, 2.45) is 0 Å². The lowest BCUT2D eigenvalue weighted by molar-refractivity contribution is -0.143. The Labute approximate surface area is 112 Å². The van der Waals surface area contributed by atoms with Crippen molar-refractivity contribution in [2.75, 3.05) is 25.6 Å². The zero-order chi connectivity index (χ0) is 14.1. The highest BCUT2D eigenvalue weighted by atomic mass is 16.5. The van der Waals surface area contributed by atoms with Gasteiger partial charge >= 0.3 is 11.9 Å². The summed E-state index contributed by atoms with van der Waals surface area (Å²) in [4.78, 5) is 22.7. The minimum atomic E-state index is -0.381. The van der Waals surface area contributed by atoms with Crippen LogP contribution in [0.5, 0.6) is 0 Å². The minimum Gasteiger partial charge on any atom is -0.466 e. The summed E-state index contributed by atoms with van der Waals surface area (Å²) in [5.74, 6) is -0.584. The van der Waals surface area contributed by atoms with E-state index < -0.39 is 0 Å². The summed E-state index contributed by atoms with van der Waals surface area (Å²) in [6.45, 7) is 2.77. The van der Waals surface area contributed by atoms with Crippen molar-refractivity contribution < 1.29 is 19.1 Å². The molecule has 0 amide bonds. The van der Waals surface area contributed by atoms with Crippen molar-refractivity contribution in [3.63, 3.8) is 0 Å². The van der Waals surface area contributed by atoms with E-state index in [0.717, 1.165) is 0 Å². The quantitative estimate of drug-likeness (QED) is 0.605. The smallest absolute Gasteiger partial charge is 0.339 e. The number of carbonyl (C=O) groups excluding carboxylic acids is 2. The molecule has 0 radical (unpaired) electrons. The van der Waals surface area contributed by atoms with Gasteiger partial charge in [0.1, 0.15) is 0 Å². The van der Waals surface area contributed by atoms with Gasteiger partial charge in [-0.1, -0.05) is 12.1 Å². The number of nitrogens with one attached hydrogen (secondary N) is 1. The van der Waals surface area contributed by atoms with Gasteiger partial charge in [0.2, 0.25) is 0 Å². The van der Waals surface area contributed by atoms with Crippen LogP contribution >= 0.6 is 0 Å². The molecule has 0 saturated carbocycles. The van der Waals surface area contributed by atoms with Gasteiger partial charge in [0.05, 0.1) is 19.3 Å². The number of benzene rings is 1. The Bertz CT molecular complexity index is 431. The number of para-hydroxylation sites is 1. The molecule has 1 aromatic rings. The highest BCUT2D eigenvalue weighted by Gasteiger charge is 2.10. The fraction of sp³-hybridized carbons (Fsp3) is 0.429. The molecular formula is C14H19NO4. The van der Waals surface area contributed by atoms with Crippen LogP contribution in [0.25, 0.3) is 0 Å². The van der Waals surface area contributed by atoms with Crippen molar-refractivity contribution in [1.82, 2.24) is 0 Å². The molecule has 0 spiro atoms. The fourth-order valence-corrected chi connectivity index (χ4v) is 1.61. The number of methoxy groups -OCH3 is 1. The van der Waals surface area contributed by atoms with Gasteiger partial charge in [-0.3, -0.25) is 4.79 Å². The molecule has 104 valence electrons. The Morgan fingerprint density at radius 3 is 2.68 bits per heavy atom. The molecule has 1 rings (SSSR count). The topological polar surface area (TPSA) is 64.6 Å². The first-order valence-electron chi connectivity index (χ1n) is 6.25. The molecule has 0 aromatic heterocycles. The summed E-state index contributed by atoms with van der Waals surface area (Å²) in [6.07, 6.45) is 1.01. The highest BCUT2D eigenvalue weighted by Crippen LogP contribution is 2.15. The predicted molar refractivity (Wildman–Crippen MR) is 72.1 cm³/mol. The maximum Gasteiger partial charge on any atom is 0.339 e. The normalized spacial score (nSPS) is 9.79. The molecule has 0 bridgehead atoms. The molecule has 0 fully saturated rings. The summed E-state index contributed by atoms with van der Waals surface area (Å²) >= 11 is 0. The molecule has 5 heteroatoms. The van der Waals surface area contributed by atoms with Gasteiger partial charge < -0.3 is 14.8 Å². The van der Waals surface area contributed by atoms with E-state index >= 15 is 0 Å². The van der Waals surface area contributed by atoms with Crippen LogP contribution in [0.3, 0.4) is 0 Å². The first-order valence-corrected chi connectivity index (χ1v) is 6.25. The summed E-state index contributed by atoms with van der Waals surface area (Å²) in [7, 11) is 1.35. The molecule has 0 aliphatic heterocycles. The molecule has 19 heavy (non-hydrogen) atoms. The van der Waals surface area contributed by atoms with E-state index in [1.807, 2.05) is 6.07 Å². The van der Waals surface area contributed by atoms with E-state index in [0.29, 0.717) is 37.2 Å². The first-order chi connectivity index (χ1) is 9.19. The number of esters is 2. The van der Waals surface area contributed by atoms with Crippen LogP contribution < -0.4 is 5.32 Å². The molecule has 1 aromatic carbocycles. The van der Waals surface area contributed by atoms with Gasteiger partial charge in [-0.25, -0.2) is 4.79 Å². The van der Waals surface area contributed by atoms with Crippen molar-refractivity contribution in [3.8, 4) is 0 Å². The predicted octanol–water partition coefficient (Wildman–Crippen LogP) is 2.23. The fourth-order valence-electron chi connectivity index (χ4n) is 1.61. The zero-order valence-electron chi connectivity index (χ0n) is 11.3. The third-order valence-corrected chi connectivity index (χ3v) is 2.51. The van der Waals surface area contributed by atoms with Gasteiger partial charge in [0.25, 0.3) is 0 Å². The average Bonchev–Trinajstić information content (AvgIpc) is 2.43. The Morgan fingerprint density at radius 2 is 2.00 bits per heavy atom. The van der Waals surface area contributed by atoms with Gasteiger partial charge in [0, 0.05) is 18.7 Å². The lowest BCUT2D eigenvalue weighted by atomic mass is 10.1. The molecule has 0 atom stereocenters.